The third-order valence-corrected chi connectivity index (χ3v) is 6.79. The van der Waals surface area contributed by atoms with E-state index in [9.17, 15) is 14.7 Å². The van der Waals surface area contributed by atoms with E-state index < -0.39 is 0 Å². The zero-order valence-corrected chi connectivity index (χ0v) is 20.8. The van der Waals surface area contributed by atoms with E-state index in [0.29, 0.717) is 22.3 Å². The van der Waals surface area contributed by atoms with Gasteiger partial charge in [-0.05, 0) is 67.4 Å². The van der Waals surface area contributed by atoms with Crippen molar-refractivity contribution in [3.05, 3.63) is 80.8 Å². The first-order valence-electron chi connectivity index (χ1n) is 10.7. The van der Waals surface area contributed by atoms with Gasteiger partial charge in [-0.3, -0.25) is 9.59 Å². The van der Waals surface area contributed by atoms with Crippen LogP contribution in [0.3, 0.4) is 0 Å². The first-order chi connectivity index (χ1) is 14.8. The molecule has 1 N–H and O–H groups in total. The number of Topliss-reactive ketones (excluding diaryl/α,β-unsaturated/α-hetero) is 2. The average molecular weight is 491 g/mol. The van der Waals surface area contributed by atoms with Crippen LogP contribution in [-0.4, -0.2) is 16.7 Å². The minimum absolute atomic E-state index is 0.192. The van der Waals surface area contributed by atoms with Crippen molar-refractivity contribution in [2.24, 2.45) is 0 Å². The lowest BCUT2D eigenvalue weighted by Crippen LogP contribution is -2.21. The lowest BCUT2D eigenvalue weighted by Gasteiger charge is -2.29. The highest BCUT2D eigenvalue weighted by molar-refractivity contribution is 9.12. The highest BCUT2D eigenvalue weighted by Crippen LogP contribution is 2.44. The molecule has 0 bridgehead atoms. The van der Waals surface area contributed by atoms with Gasteiger partial charge in [0.05, 0.1) is 4.48 Å². The molecule has 32 heavy (non-hydrogen) atoms. The van der Waals surface area contributed by atoms with Crippen LogP contribution >= 0.6 is 15.9 Å². The van der Waals surface area contributed by atoms with Crippen molar-refractivity contribution in [2.45, 2.75) is 52.4 Å². The molecule has 0 heterocycles. The summed E-state index contributed by atoms with van der Waals surface area (Å²) in [5.41, 5.74) is 2.61. The summed E-state index contributed by atoms with van der Waals surface area (Å²) in [5.74, 6) is -0.155. The maximum Gasteiger partial charge on any atom is 0.201 e. The highest BCUT2D eigenvalue weighted by atomic mass is 79.9. The van der Waals surface area contributed by atoms with Gasteiger partial charge in [-0.2, -0.15) is 0 Å². The van der Waals surface area contributed by atoms with Crippen LogP contribution in [0.1, 0.15) is 78.9 Å². The standard InChI is InChI=1S/C28H27BrO3/c1-27(2,3)20-13-17(14-21(26(20)32)28(4,5)6)22-23(29)25(31)19-12-16-10-8-7-9-15(16)11-18(19)24(22)30/h7-14,32H,1-6H3. The van der Waals surface area contributed by atoms with E-state index in [1.165, 1.54) is 0 Å². The van der Waals surface area contributed by atoms with Crippen molar-refractivity contribution >= 4 is 43.8 Å². The fourth-order valence-corrected chi connectivity index (χ4v) is 4.88. The lowest BCUT2D eigenvalue weighted by atomic mass is 9.76. The van der Waals surface area contributed by atoms with Crippen LogP contribution in [0.15, 0.2) is 53.0 Å². The smallest absolute Gasteiger partial charge is 0.201 e. The van der Waals surface area contributed by atoms with Gasteiger partial charge in [-0.15, -0.1) is 0 Å². The van der Waals surface area contributed by atoms with Crippen LogP contribution < -0.4 is 0 Å². The quantitative estimate of drug-likeness (QED) is 0.388. The monoisotopic (exact) mass is 490 g/mol. The molecule has 0 aromatic heterocycles. The molecular weight excluding hydrogens is 464 g/mol. The Bertz CT molecular complexity index is 1300. The second kappa shape index (κ2) is 7.41. The molecule has 0 atom stereocenters. The number of rotatable bonds is 1. The number of hydrogen-bond acceptors (Lipinski definition) is 3. The van der Waals surface area contributed by atoms with Crippen molar-refractivity contribution in [2.75, 3.05) is 0 Å². The van der Waals surface area contributed by atoms with Gasteiger partial charge in [-0.1, -0.05) is 65.8 Å². The van der Waals surface area contributed by atoms with E-state index >= 15 is 0 Å². The Labute approximate surface area is 197 Å². The predicted molar refractivity (Wildman–Crippen MR) is 134 cm³/mol. The number of fused-ring (bicyclic) bond motifs is 2. The summed E-state index contributed by atoms with van der Waals surface area (Å²) in [6.07, 6.45) is 0. The minimum atomic E-state index is -0.344. The van der Waals surface area contributed by atoms with Gasteiger partial charge in [0.2, 0.25) is 5.78 Å². The number of aromatic hydroxyl groups is 1. The van der Waals surface area contributed by atoms with Gasteiger partial charge in [0, 0.05) is 27.8 Å². The van der Waals surface area contributed by atoms with Gasteiger partial charge in [0.1, 0.15) is 5.75 Å². The summed E-state index contributed by atoms with van der Waals surface area (Å²) < 4.78 is 0.260. The van der Waals surface area contributed by atoms with Crippen molar-refractivity contribution < 1.29 is 14.7 Å². The Morgan fingerprint density at radius 2 is 1.16 bits per heavy atom. The van der Waals surface area contributed by atoms with E-state index in [0.717, 1.165) is 21.9 Å². The van der Waals surface area contributed by atoms with Crippen molar-refractivity contribution in [1.82, 2.24) is 0 Å². The summed E-state index contributed by atoms with van der Waals surface area (Å²) in [4.78, 5) is 27.0. The number of ketones is 2. The van der Waals surface area contributed by atoms with Gasteiger partial charge < -0.3 is 5.11 Å². The van der Waals surface area contributed by atoms with Crippen molar-refractivity contribution in [1.29, 1.82) is 0 Å². The fourth-order valence-electron chi connectivity index (χ4n) is 4.26. The molecule has 4 rings (SSSR count). The van der Waals surface area contributed by atoms with Gasteiger partial charge >= 0.3 is 0 Å². The van der Waals surface area contributed by atoms with E-state index in [-0.39, 0.29) is 32.6 Å². The summed E-state index contributed by atoms with van der Waals surface area (Å²) in [7, 11) is 0. The fraction of sp³-hybridized carbons (Fsp3) is 0.286. The summed E-state index contributed by atoms with van der Waals surface area (Å²) >= 11 is 3.45. The second-order valence-corrected chi connectivity index (χ2v) is 11.3. The molecule has 0 radical (unpaired) electrons. The second-order valence-electron chi connectivity index (χ2n) is 10.5. The van der Waals surface area contributed by atoms with Crippen molar-refractivity contribution in [3.63, 3.8) is 0 Å². The number of allylic oxidation sites excluding steroid dienone is 2. The maximum absolute atomic E-state index is 13.7. The lowest BCUT2D eigenvalue weighted by molar-refractivity contribution is 0.0999. The van der Waals surface area contributed by atoms with E-state index in [2.05, 4.69) is 15.9 Å². The van der Waals surface area contributed by atoms with Crippen LogP contribution in [0.4, 0.5) is 0 Å². The number of hydrogen-bond donors (Lipinski definition) is 1. The molecule has 0 amide bonds. The zero-order chi connectivity index (χ0) is 23.6. The number of benzene rings is 3. The highest BCUT2D eigenvalue weighted by Gasteiger charge is 2.34. The van der Waals surface area contributed by atoms with E-state index in [4.69, 9.17) is 0 Å². The first-order valence-corrected chi connectivity index (χ1v) is 11.5. The van der Waals surface area contributed by atoms with Crippen LogP contribution in [0, 0.1) is 0 Å². The van der Waals surface area contributed by atoms with E-state index in [1.54, 1.807) is 12.1 Å². The van der Waals surface area contributed by atoms with Crippen molar-refractivity contribution in [3.8, 4) is 5.75 Å². The molecular formula is C28H27BrO3. The Morgan fingerprint density at radius 1 is 0.719 bits per heavy atom. The molecule has 0 spiro atoms. The number of carbonyl (C=O) groups excluding carboxylic acids is 2. The molecule has 3 aromatic carbocycles. The van der Waals surface area contributed by atoms with Crippen LogP contribution in [0.25, 0.3) is 16.3 Å². The predicted octanol–water partition coefficient (Wildman–Crippen LogP) is 7.33. The van der Waals surface area contributed by atoms with Gasteiger partial charge in [0.25, 0.3) is 0 Å². The van der Waals surface area contributed by atoms with E-state index in [1.807, 2.05) is 77.9 Å². The average Bonchev–Trinajstić information content (AvgIpc) is 2.70. The zero-order valence-electron chi connectivity index (χ0n) is 19.3. The molecule has 4 heteroatoms. The summed E-state index contributed by atoms with van der Waals surface area (Å²) in [6.45, 7) is 12.1. The van der Waals surface area contributed by atoms with Crippen LogP contribution in [-0.2, 0) is 10.8 Å². The first kappa shape index (κ1) is 22.5. The Hall–Kier alpha value is -2.72. The molecule has 0 unspecified atom stereocenters. The van der Waals surface area contributed by atoms with Gasteiger partial charge in [-0.25, -0.2) is 0 Å². The maximum atomic E-state index is 13.7. The minimum Gasteiger partial charge on any atom is -0.507 e. The molecule has 0 fully saturated rings. The Morgan fingerprint density at radius 3 is 1.59 bits per heavy atom. The number of carbonyl (C=O) groups is 2. The third kappa shape index (κ3) is 3.61. The SMILES string of the molecule is CC(C)(C)c1cc(C2=C(Br)C(=O)c3cc4ccccc4cc3C2=O)cc(C(C)(C)C)c1O. The molecule has 1 aliphatic rings. The van der Waals surface area contributed by atoms with Crippen LogP contribution in [0.2, 0.25) is 0 Å². The molecule has 0 saturated carbocycles. The Balaban J connectivity index is 2.00. The molecule has 164 valence electrons. The molecule has 1 aliphatic carbocycles. The number of halogens is 1. The van der Waals surface area contributed by atoms with Gasteiger partial charge in [0.15, 0.2) is 5.78 Å². The Kier molecular flexibility index (Phi) is 5.21. The largest absolute Gasteiger partial charge is 0.507 e. The topological polar surface area (TPSA) is 54.4 Å². The third-order valence-electron chi connectivity index (χ3n) is 6.04. The number of phenolic OH excluding ortho intramolecular Hbond substituents is 1. The summed E-state index contributed by atoms with van der Waals surface area (Å²) in [5, 5.41) is 12.9. The molecule has 0 saturated heterocycles. The molecule has 3 aromatic rings. The normalized spacial score (nSPS) is 14.8. The molecule has 0 aliphatic heterocycles. The molecule has 3 nitrogen and oxygen atoms in total. The van der Waals surface area contributed by atoms with Crippen LogP contribution in [0.5, 0.6) is 5.75 Å². The summed E-state index contributed by atoms with van der Waals surface area (Å²) in [6, 6.07) is 15.0. The number of phenols is 1.